The van der Waals surface area contributed by atoms with E-state index >= 15 is 0 Å². The van der Waals surface area contributed by atoms with E-state index in [1.807, 2.05) is 19.1 Å². The molecule has 4 heteroatoms. The molecule has 0 bridgehead atoms. The van der Waals surface area contributed by atoms with Gasteiger partial charge >= 0.3 is 0 Å². The monoisotopic (exact) mass is 284 g/mol. The highest BCUT2D eigenvalue weighted by atomic mass is 79.9. The number of aliphatic hydroxyl groups excluding tert-OH is 1. The van der Waals surface area contributed by atoms with E-state index in [-0.39, 0.29) is 6.10 Å². The zero-order valence-electron chi connectivity index (χ0n) is 9.33. The van der Waals surface area contributed by atoms with Crippen molar-refractivity contribution >= 4 is 27.3 Å². The molecule has 1 atom stereocenters. The number of hydrogen-bond donors (Lipinski definition) is 3. The number of benzene rings is 1. The molecule has 4 N–H and O–H groups in total. The normalized spacial score (nSPS) is 17.2. The molecule has 1 aliphatic rings. The van der Waals surface area contributed by atoms with Crippen LogP contribution in [-0.2, 0) is 0 Å². The Bertz CT molecular complexity index is 391. The Labute approximate surface area is 104 Å². The number of hydrogen-bond acceptors (Lipinski definition) is 3. The molecule has 0 saturated heterocycles. The second-order valence-electron chi connectivity index (χ2n) is 4.47. The highest BCUT2D eigenvalue weighted by Crippen LogP contribution is 2.33. The van der Waals surface area contributed by atoms with Crippen molar-refractivity contribution in [3.63, 3.8) is 0 Å². The number of nitrogen functional groups attached to an aromatic ring is 1. The van der Waals surface area contributed by atoms with Crippen LogP contribution < -0.4 is 11.1 Å². The van der Waals surface area contributed by atoms with Crippen LogP contribution in [0.4, 0.5) is 11.4 Å². The van der Waals surface area contributed by atoms with Crippen molar-refractivity contribution in [1.29, 1.82) is 0 Å². The molecule has 2 rings (SSSR count). The van der Waals surface area contributed by atoms with Gasteiger partial charge in [0.05, 0.1) is 6.10 Å². The van der Waals surface area contributed by atoms with Gasteiger partial charge in [0.1, 0.15) is 0 Å². The van der Waals surface area contributed by atoms with E-state index in [1.54, 1.807) is 0 Å². The van der Waals surface area contributed by atoms with Crippen molar-refractivity contribution in [2.24, 2.45) is 5.92 Å². The summed E-state index contributed by atoms with van der Waals surface area (Å²) >= 11 is 3.46. The number of nitrogens with two attached hydrogens (primary N) is 1. The van der Waals surface area contributed by atoms with Gasteiger partial charge in [0.2, 0.25) is 0 Å². The SMILES string of the molecule is Cc1cc(NCC(O)C2CC2)c(Br)cc1N. The Morgan fingerprint density at radius 1 is 1.56 bits per heavy atom. The first kappa shape index (κ1) is 11.7. The Morgan fingerprint density at radius 3 is 2.88 bits per heavy atom. The molecule has 0 aliphatic heterocycles. The van der Waals surface area contributed by atoms with E-state index in [0.717, 1.165) is 34.3 Å². The third-order valence-corrected chi connectivity index (χ3v) is 3.68. The number of rotatable bonds is 4. The molecule has 0 spiro atoms. The minimum atomic E-state index is -0.232. The smallest absolute Gasteiger partial charge is 0.0740 e. The quantitative estimate of drug-likeness (QED) is 0.745. The van der Waals surface area contributed by atoms with Crippen LogP contribution in [-0.4, -0.2) is 17.8 Å². The summed E-state index contributed by atoms with van der Waals surface area (Å²) < 4.78 is 0.943. The molecule has 1 fully saturated rings. The molecule has 0 heterocycles. The van der Waals surface area contributed by atoms with Gasteiger partial charge in [-0.3, -0.25) is 0 Å². The first-order valence-electron chi connectivity index (χ1n) is 5.55. The lowest BCUT2D eigenvalue weighted by atomic mass is 10.1. The fourth-order valence-corrected chi connectivity index (χ4v) is 2.20. The molecule has 0 radical (unpaired) electrons. The summed E-state index contributed by atoms with van der Waals surface area (Å²) in [6.45, 7) is 2.58. The highest BCUT2D eigenvalue weighted by Gasteiger charge is 2.29. The predicted octanol–water partition coefficient (Wildman–Crippen LogP) is 2.52. The molecule has 16 heavy (non-hydrogen) atoms. The molecule has 1 aromatic rings. The first-order valence-corrected chi connectivity index (χ1v) is 6.35. The fourth-order valence-electron chi connectivity index (χ4n) is 1.69. The maximum Gasteiger partial charge on any atom is 0.0740 e. The van der Waals surface area contributed by atoms with Crippen LogP contribution >= 0.6 is 15.9 Å². The van der Waals surface area contributed by atoms with Gasteiger partial charge in [-0.05, 0) is 59.3 Å². The minimum absolute atomic E-state index is 0.232. The average Bonchev–Trinajstić information content (AvgIpc) is 3.04. The largest absolute Gasteiger partial charge is 0.398 e. The van der Waals surface area contributed by atoms with E-state index in [0.29, 0.717) is 12.5 Å². The van der Waals surface area contributed by atoms with E-state index in [9.17, 15) is 5.11 Å². The zero-order chi connectivity index (χ0) is 11.7. The van der Waals surface area contributed by atoms with Crippen molar-refractivity contribution in [2.75, 3.05) is 17.6 Å². The average molecular weight is 285 g/mol. The molecule has 1 unspecified atom stereocenters. The summed E-state index contributed by atoms with van der Waals surface area (Å²) in [6, 6.07) is 3.89. The fraction of sp³-hybridized carbons (Fsp3) is 0.500. The van der Waals surface area contributed by atoms with Crippen molar-refractivity contribution in [2.45, 2.75) is 25.9 Å². The standard InChI is InChI=1S/C12H17BrN2O/c1-7-4-11(9(13)5-10(7)14)15-6-12(16)8-2-3-8/h4-5,8,12,15-16H,2-3,6,14H2,1H3. The summed E-state index contributed by atoms with van der Waals surface area (Å²) in [5.74, 6) is 0.501. The van der Waals surface area contributed by atoms with Crippen molar-refractivity contribution < 1.29 is 5.11 Å². The molecule has 3 nitrogen and oxygen atoms in total. The Balaban J connectivity index is 2.00. The van der Waals surface area contributed by atoms with Crippen molar-refractivity contribution in [3.05, 3.63) is 22.2 Å². The van der Waals surface area contributed by atoms with Crippen LogP contribution in [0.5, 0.6) is 0 Å². The molecule has 1 aliphatic carbocycles. The number of halogens is 1. The van der Waals surface area contributed by atoms with Crippen LogP contribution in [0.2, 0.25) is 0 Å². The van der Waals surface area contributed by atoms with Crippen molar-refractivity contribution in [1.82, 2.24) is 0 Å². The summed E-state index contributed by atoms with van der Waals surface area (Å²) in [4.78, 5) is 0. The lowest BCUT2D eigenvalue weighted by molar-refractivity contribution is 0.164. The molecule has 88 valence electrons. The lowest BCUT2D eigenvalue weighted by Gasteiger charge is -2.14. The maximum absolute atomic E-state index is 9.76. The van der Waals surface area contributed by atoms with Gasteiger partial charge in [0.15, 0.2) is 0 Å². The van der Waals surface area contributed by atoms with Gasteiger partial charge in [-0.25, -0.2) is 0 Å². The van der Waals surface area contributed by atoms with Crippen LogP contribution in [0.15, 0.2) is 16.6 Å². The lowest BCUT2D eigenvalue weighted by Crippen LogP contribution is -2.21. The van der Waals surface area contributed by atoms with Gasteiger partial charge in [-0.2, -0.15) is 0 Å². The number of anilines is 2. The maximum atomic E-state index is 9.76. The Morgan fingerprint density at radius 2 is 2.25 bits per heavy atom. The number of aryl methyl sites for hydroxylation is 1. The third-order valence-electron chi connectivity index (χ3n) is 3.02. The van der Waals surface area contributed by atoms with Crippen LogP contribution in [0.25, 0.3) is 0 Å². The van der Waals surface area contributed by atoms with Gasteiger partial charge in [-0.1, -0.05) is 0 Å². The molecule has 0 aromatic heterocycles. The van der Waals surface area contributed by atoms with Crippen molar-refractivity contribution in [3.8, 4) is 0 Å². The van der Waals surface area contributed by atoms with E-state index < -0.39 is 0 Å². The third kappa shape index (κ3) is 2.68. The molecular formula is C12H17BrN2O. The molecule has 0 amide bonds. The van der Waals surface area contributed by atoms with Crippen LogP contribution in [0.1, 0.15) is 18.4 Å². The Kier molecular flexibility index (Phi) is 3.40. The first-order chi connectivity index (χ1) is 7.58. The predicted molar refractivity (Wildman–Crippen MR) is 70.5 cm³/mol. The highest BCUT2D eigenvalue weighted by molar-refractivity contribution is 9.10. The van der Waals surface area contributed by atoms with Gasteiger partial charge in [-0.15, -0.1) is 0 Å². The minimum Gasteiger partial charge on any atom is -0.398 e. The summed E-state index contributed by atoms with van der Waals surface area (Å²) in [5, 5.41) is 13.0. The second-order valence-corrected chi connectivity index (χ2v) is 5.33. The number of nitrogens with one attached hydrogen (secondary N) is 1. The number of aliphatic hydroxyl groups is 1. The second kappa shape index (κ2) is 4.63. The van der Waals surface area contributed by atoms with Gasteiger partial charge in [0.25, 0.3) is 0 Å². The molecule has 1 aromatic carbocycles. The van der Waals surface area contributed by atoms with Crippen LogP contribution in [0, 0.1) is 12.8 Å². The van der Waals surface area contributed by atoms with Gasteiger partial charge < -0.3 is 16.2 Å². The van der Waals surface area contributed by atoms with Crippen LogP contribution in [0.3, 0.4) is 0 Å². The van der Waals surface area contributed by atoms with E-state index in [4.69, 9.17) is 5.73 Å². The molecular weight excluding hydrogens is 268 g/mol. The Hall–Kier alpha value is -0.740. The summed E-state index contributed by atoms with van der Waals surface area (Å²) in [5.41, 5.74) is 8.61. The summed E-state index contributed by atoms with van der Waals surface area (Å²) in [6.07, 6.45) is 2.08. The van der Waals surface area contributed by atoms with E-state index in [2.05, 4.69) is 21.2 Å². The van der Waals surface area contributed by atoms with E-state index in [1.165, 1.54) is 0 Å². The van der Waals surface area contributed by atoms with Gasteiger partial charge in [0, 0.05) is 22.4 Å². The summed E-state index contributed by atoms with van der Waals surface area (Å²) in [7, 11) is 0. The topological polar surface area (TPSA) is 58.3 Å². The molecule has 1 saturated carbocycles. The zero-order valence-corrected chi connectivity index (χ0v) is 10.9.